The van der Waals surface area contributed by atoms with Crippen molar-refractivity contribution in [2.24, 2.45) is 5.92 Å². The summed E-state index contributed by atoms with van der Waals surface area (Å²) in [5.74, 6) is -0.868. The minimum atomic E-state index is -0.712. The summed E-state index contributed by atoms with van der Waals surface area (Å²) in [6, 6.07) is 17.7. The number of amides is 2. The maximum Gasteiger partial charge on any atom is 0.270 e. The summed E-state index contributed by atoms with van der Waals surface area (Å²) in [6.45, 7) is 0.182. The van der Waals surface area contributed by atoms with Crippen LogP contribution >= 0.6 is 0 Å². The van der Waals surface area contributed by atoms with Gasteiger partial charge in [0.15, 0.2) is 11.5 Å². The number of benzene rings is 3. The van der Waals surface area contributed by atoms with Crippen LogP contribution in [-0.2, 0) is 16.1 Å². The van der Waals surface area contributed by atoms with E-state index in [1.807, 2.05) is 42.5 Å². The fourth-order valence-corrected chi connectivity index (χ4v) is 6.21. The van der Waals surface area contributed by atoms with Crippen LogP contribution in [0.25, 0.3) is 10.9 Å². The first kappa shape index (κ1) is 25.4. The number of likely N-dealkylation sites (tertiary alicyclic amines) is 1. The first-order valence-electron chi connectivity index (χ1n) is 12.8. The Hall–Kier alpha value is -4.86. The van der Waals surface area contributed by atoms with E-state index in [9.17, 15) is 19.7 Å². The monoisotopic (exact) mass is 541 g/mol. The Balaban J connectivity index is 1.54. The van der Waals surface area contributed by atoms with Gasteiger partial charge in [-0.15, -0.1) is 0 Å². The zero-order valence-electron chi connectivity index (χ0n) is 22.2. The molecule has 3 aromatic carbocycles. The van der Waals surface area contributed by atoms with Gasteiger partial charge in [-0.05, 0) is 41.3 Å². The van der Waals surface area contributed by atoms with Gasteiger partial charge in [-0.25, -0.2) is 0 Å². The van der Waals surface area contributed by atoms with E-state index >= 15 is 0 Å². The molecule has 1 aliphatic carbocycles. The SMILES string of the molecule is COc1cc([C@H]2C[C@H]3C(=O)N(Cc4ccccc4)C(=O)[C@H]3c3[nH]c4ccc([N+](=O)[O-])cc4c32)cc(OC)c1OC. The molecule has 0 bridgehead atoms. The lowest BCUT2D eigenvalue weighted by atomic mass is 9.71. The minimum absolute atomic E-state index is 0.0559. The largest absolute Gasteiger partial charge is 0.493 e. The molecule has 1 fully saturated rings. The minimum Gasteiger partial charge on any atom is -0.493 e. The van der Waals surface area contributed by atoms with Crippen LogP contribution in [0, 0.1) is 16.0 Å². The third-order valence-electron chi connectivity index (χ3n) is 8.00. The summed E-state index contributed by atoms with van der Waals surface area (Å²) in [7, 11) is 4.57. The lowest BCUT2D eigenvalue weighted by Gasteiger charge is -2.30. The number of nitrogens with zero attached hydrogens (tertiary/aromatic N) is 2. The summed E-state index contributed by atoms with van der Waals surface area (Å²) in [5.41, 5.74) is 3.62. The van der Waals surface area contributed by atoms with Crippen LogP contribution in [0.2, 0.25) is 0 Å². The van der Waals surface area contributed by atoms with E-state index in [4.69, 9.17) is 14.2 Å². The number of carbonyl (C=O) groups is 2. The number of rotatable bonds is 7. The van der Waals surface area contributed by atoms with Crippen LogP contribution < -0.4 is 14.2 Å². The molecule has 10 nitrogen and oxygen atoms in total. The van der Waals surface area contributed by atoms with Gasteiger partial charge < -0.3 is 19.2 Å². The van der Waals surface area contributed by atoms with Crippen molar-refractivity contribution in [2.45, 2.75) is 24.8 Å². The molecule has 0 spiro atoms. The lowest BCUT2D eigenvalue weighted by molar-refractivity contribution is -0.384. The number of hydrogen-bond acceptors (Lipinski definition) is 7. The molecule has 3 atom stereocenters. The van der Waals surface area contributed by atoms with Crippen molar-refractivity contribution in [3.05, 3.63) is 93.2 Å². The molecule has 0 radical (unpaired) electrons. The van der Waals surface area contributed by atoms with Crippen molar-refractivity contribution in [3.63, 3.8) is 0 Å². The highest BCUT2D eigenvalue weighted by Gasteiger charge is 2.54. The standard InChI is InChI=1S/C30H27N3O7/c1-38-23-11-17(12-24(39-2)28(23)40-3)19-14-21-26(30(35)32(29(21)34)15-16-7-5-4-6-8-16)27-25(19)20-13-18(33(36)37)9-10-22(20)31-27/h4-13,19,21,26,31H,14-15H2,1-3H3/t19-,21-,26-/m1/s1. The Morgan fingerprint density at radius 1 is 0.950 bits per heavy atom. The van der Waals surface area contributed by atoms with Gasteiger partial charge in [-0.1, -0.05) is 30.3 Å². The van der Waals surface area contributed by atoms with E-state index in [0.717, 1.165) is 16.7 Å². The van der Waals surface area contributed by atoms with Gasteiger partial charge >= 0.3 is 0 Å². The van der Waals surface area contributed by atoms with Crippen molar-refractivity contribution in [2.75, 3.05) is 21.3 Å². The molecule has 6 rings (SSSR count). The maximum atomic E-state index is 13.8. The Morgan fingerprint density at radius 3 is 2.27 bits per heavy atom. The molecule has 1 aromatic heterocycles. The number of hydrogen-bond donors (Lipinski definition) is 1. The molecule has 4 aromatic rings. The number of nitrogens with one attached hydrogen (secondary N) is 1. The van der Waals surface area contributed by atoms with Crippen LogP contribution in [0.15, 0.2) is 60.7 Å². The third-order valence-corrected chi connectivity index (χ3v) is 8.00. The number of H-pyrrole nitrogens is 1. The number of carbonyl (C=O) groups excluding carboxylic acids is 2. The van der Waals surface area contributed by atoms with Gasteiger partial charge in [0, 0.05) is 34.6 Å². The average Bonchev–Trinajstić information content (AvgIpc) is 3.46. The van der Waals surface area contributed by atoms with Crippen molar-refractivity contribution in [1.82, 2.24) is 9.88 Å². The molecule has 2 aliphatic rings. The number of nitro benzene ring substituents is 1. The van der Waals surface area contributed by atoms with Crippen molar-refractivity contribution < 1.29 is 28.7 Å². The Kier molecular flexibility index (Phi) is 6.17. The molecule has 1 aliphatic heterocycles. The highest BCUT2D eigenvalue weighted by Crippen LogP contribution is 2.54. The van der Waals surface area contributed by atoms with Crippen molar-refractivity contribution >= 4 is 28.4 Å². The second-order valence-electron chi connectivity index (χ2n) is 10.0. The molecule has 2 amide bonds. The number of aromatic amines is 1. The van der Waals surface area contributed by atoms with Gasteiger partial charge in [0.25, 0.3) is 5.69 Å². The van der Waals surface area contributed by atoms with Crippen molar-refractivity contribution in [1.29, 1.82) is 0 Å². The summed E-state index contributed by atoms with van der Waals surface area (Å²) >= 11 is 0. The molecule has 0 unspecified atom stereocenters. The van der Waals surface area contributed by atoms with Gasteiger partial charge in [0.2, 0.25) is 17.6 Å². The van der Waals surface area contributed by atoms with E-state index in [1.54, 1.807) is 6.07 Å². The first-order chi connectivity index (χ1) is 19.4. The predicted octanol–water partition coefficient (Wildman–Crippen LogP) is 4.91. The number of non-ortho nitro benzene ring substituents is 1. The molecule has 1 saturated heterocycles. The van der Waals surface area contributed by atoms with Gasteiger partial charge in [-0.3, -0.25) is 24.6 Å². The zero-order valence-corrected chi connectivity index (χ0v) is 22.2. The smallest absolute Gasteiger partial charge is 0.270 e. The second-order valence-corrected chi connectivity index (χ2v) is 10.0. The number of methoxy groups -OCH3 is 3. The topological polar surface area (TPSA) is 124 Å². The molecule has 204 valence electrons. The van der Waals surface area contributed by atoms with E-state index < -0.39 is 16.8 Å². The lowest BCUT2D eigenvalue weighted by Crippen LogP contribution is -2.30. The van der Waals surface area contributed by atoms with E-state index in [1.165, 1.54) is 38.4 Å². The van der Waals surface area contributed by atoms with Crippen LogP contribution in [-0.4, -0.2) is 48.0 Å². The van der Waals surface area contributed by atoms with Gasteiger partial charge in [0.1, 0.15) is 0 Å². The number of fused-ring (bicyclic) bond motifs is 5. The van der Waals surface area contributed by atoms with Gasteiger partial charge in [0.05, 0.1) is 44.6 Å². The van der Waals surface area contributed by atoms with Crippen LogP contribution in [0.3, 0.4) is 0 Å². The molecular weight excluding hydrogens is 514 g/mol. The van der Waals surface area contributed by atoms with Crippen LogP contribution in [0.1, 0.15) is 40.6 Å². The molecule has 0 saturated carbocycles. The first-order valence-corrected chi connectivity index (χ1v) is 12.8. The van der Waals surface area contributed by atoms with E-state index in [-0.39, 0.29) is 30.0 Å². The second kappa shape index (κ2) is 9.71. The van der Waals surface area contributed by atoms with Crippen LogP contribution in [0.5, 0.6) is 17.2 Å². The summed E-state index contributed by atoms with van der Waals surface area (Å²) < 4.78 is 16.7. The quantitative estimate of drug-likeness (QED) is 0.200. The summed E-state index contributed by atoms with van der Waals surface area (Å²) in [5, 5.41) is 12.3. The zero-order chi connectivity index (χ0) is 28.1. The Bertz CT molecular complexity index is 1640. The number of nitro groups is 1. The van der Waals surface area contributed by atoms with Gasteiger partial charge in [-0.2, -0.15) is 0 Å². The molecular formula is C30H27N3O7. The molecule has 40 heavy (non-hydrogen) atoms. The third kappa shape index (κ3) is 3.86. The van der Waals surface area contributed by atoms with E-state index in [2.05, 4.69) is 4.98 Å². The number of ether oxygens (including phenoxy) is 3. The number of aromatic nitrogens is 1. The fourth-order valence-electron chi connectivity index (χ4n) is 6.21. The molecule has 1 N–H and O–H groups in total. The van der Waals surface area contributed by atoms with Crippen LogP contribution in [0.4, 0.5) is 5.69 Å². The van der Waals surface area contributed by atoms with Crippen molar-refractivity contribution in [3.8, 4) is 17.2 Å². The highest BCUT2D eigenvalue weighted by atomic mass is 16.6. The fraction of sp³-hybridized carbons (Fsp3) is 0.267. The summed E-state index contributed by atoms with van der Waals surface area (Å²) in [4.78, 5) is 43.5. The molecule has 10 heteroatoms. The summed E-state index contributed by atoms with van der Waals surface area (Å²) in [6.07, 6.45) is 0.335. The van der Waals surface area contributed by atoms with E-state index in [0.29, 0.717) is 40.3 Å². The Morgan fingerprint density at radius 2 is 1.65 bits per heavy atom. The molecule has 2 heterocycles. The maximum absolute atomic E-state index is 13.8. The Labute approximate surface area is 229 Å². The predicted molar refractivity (Wildman–Crippen MR) is 146 cm³/mol. The normalized spacial score (nSPS) is 19.9. The average molecular weight is 542 g/mol. The highest BCUT2D eigenvalue weighted by molar-refractivity contribution is 6.09. The number of imide groups is 1.